The quantitative estimate of drug-likeness (QED) is 0.234. The average Bonchev–Trinajstić information content (AvgIpc) is 2.70. The summed E-state index contributed by atoms with van der Waals surface area (Å²) in [4.78, 5) is 23.7. The molecule has 0 aromatic heterocycles. The van der Waals surface area contributed by atoms with E-state index in [4.69, 9.17) is 37.0 Å². The summed E-state index contributed by atoms with van der Waals surface area (Å²) >= 11 is 6.14. The lowest BCUT2D eigenvalue weighted by Gasteiger charge is -2.21. The van der Waals surface area contributed by atoms with Gasteiger partial charge in [-0.05, 0) is 37.3 Å². The van der Waals surface area contributed by atoms with Gasteiger partial charge in [0.1, 0.15) is 5.84 Å². The maximum absolute atomic E-state index is 12.0. The summed E-state index contributed by atoms with van der Waals surface area (Å²) < 4.78 is 15.6. The number of nitrogen functional groups attached to an aromatic ring is 1. The van der Waals surface area contributed by atoms with Gasteiger partial charge in [0.25, 0.3) is 0 Å². The number of benzene rings is 2. The van der Waals surface area contributed by atoms with Gasteiger partial charge in [0.15, 0.2) is 24.1 Å². The number of hydrogen-bond acceptors (Lipinski definition) is 7. The number of carbonyl (C=O) groups is 2. The first-order valence-electron chi connectivity index (χ1n) is 8.86. The van der Waals surface area contributed by atoms with Gasteiger partial charge in [-0.1, -0.05) is 11.6 Å². The van der Waals surface area contributed by atoms with Crippen LogP contribution in [0.15, 0.2) is 36.4 Å². The topological polar surface area (TPSA) is 144 Å². The Morgan fingerprint density at radius 3 is 2.42 bits per heavy atom. The molecule has 0 radical (unpaired) electrons. The molecule has 2 rings (SSSR count). The molecule has 11 heteroatoms. The maximum Gasteiger partial charge on any atom is 0.344 e. The van der Waals surface area contributed by atoms with E-state index in [0.29, 0.717) is 11.3 Å². The Labute approximate surface area is 190 Å². The van der Waals surface area contributed by atoms with E-state index >= 15 is 0 Å². The molecule has 0 aliphatic carbocycles. The van der Waals surface area contributed by atoms with E-state index in [1.165, 1.54) is 19.2 Å². The van der Waals surface area contributed by atoms with Gasteiger partial charge in [-0.25, -0.2) is 9.59 Å². The van der Waals surface area contributed by atoms with Crippen molar-refractivity contribution in [2.45, 2.75) is 13.0 Å². The number of ether oxygens (including phenoxy) is 3. The van der Waals surface area contributed by atoms with E-state index < -0.39 is 24.6 Å². The molecule has 2 aromatic rings. The molecule has 1 atom stereocenters. The molecule has 2 aromatic carbocycles. The number of anilines is 1. The fraction of sp³-hybridized carbons (Fsp3) is 0.250. The summed E-state index contributed by atoms with van der Waals surface area (Å²) in [6, 6.07) is 7.94. The largest absolute Gasteiger partial charge is 0.493 e. The molecule has 31 heavy (non-hydrogen) atoms. The Balaban J connectivity index is 0.00000480. The molecule has 5 N–H and O–H groups in total. The number of carboxylic acids is 1. The first-order valence-corrected chi connectivity index (χ1v) is 9.24. The normalized spacial score (nSPS) is 10.9. The van der Waals surface area contributed by atoms with Gasteiger partial charge < -0.3 is 30.4 Å². The zero-order valence-corrected chi connectivity index (χ0v) is 18.4. The minimum absolute atomic E-state index is 0. The molecular formula is C20H23Cl2N3O6. The Kier molecular flexibility index (Phi) is 9.91. The zero-order chi connectivity index (χ0) is 22.3. The van der Waals surface area contributed by atoms with E-state index in [0.717, 1.165) is 0 Å². The van der Waals surface area contributed by atoms with Crippen LogP contribution < -0.4 is 20.5 Å². The number of nitrogens with one attached hydrogen (secondary N) is 2. The average molecular weight is 472 g/mol. The molecule has 168 valence electrons. The second-order valence-electron chi connectivity index (χ2n) is 6.03. The van der Waals surface area contributed by atoms with E-state index in [2.05, 4.69) is 5.32 Å². The smallest absolute Gasteiger partial charge is 0.344 e. The van der Waals surface area contributed by atoms with Crippen LogP contribution in [0.4, 0.5) is 5.69 Å². The molecule has 0 aliphatic rings. The van der Waals surface area contributed by atoms with Crippen molar-refractivity contribution in [1.29, 1.82) is 5.41 Å². The fourth-order valence-electron chi connectivity index (χ4n) is 2.63. The van der Waals surface area contributed by atoms with Gasteiger partial charge in [-0.2, -0.15) is 0 Å². The van der Waals surface area contributed by atoms with Crippen LogP contribution in [0.2, 0.25) is 5.02 Å². The van der Waals surface area contributed by atoms with Crippen molar-refractivity contribution in [3.05, 3.63) is 52.5 Å². The first kappa shape index (κ1) is 25.9. The van der Waals surface area contributed by atoms with Gasteiger partial charge in [0.05, 0.1) is 13.7 Å². The third kappa shape index (κ3) is 6.94. The molecule has 1 unspecified atom stereocenters. The Hall–Kier alpha value is -3.17. The highest BCUT2D eigenvalue weighted by Gasteiger charge is 2.27. The van der Waals surface area contributed by atoms with Crippen LogP contribution >= 0.6 is 24.0 Å². The maximum atomic E-state index is 12.0. The number of hydrogen-bond donors (Lipinski definition) is 4. The summed E-state index contributed by atoms with van der Waals surface area (Å²) in [5, 5.41) is 20.4. The van der Waals surface area contributed by atoms with Crippen LogP contribution in [0, 0.1) is 5.41 Å². The van der Waals surface area contributed by atoms with Crippen LogP contribution in [-0.4, -0.2) is 43.2 Å². The van der Waals surface area contributed by atoms with E-state index in [-0.39, 0.29) is 46.9 Å². The number of carbonyl (C=O) groups excluding carboxylic acids is 1. The van der Waals surface area contributed by atoms with Crippen molar-refractivity contribution in [2.75, 3.05) is 25.6 Å². The third-order valence-electron chi connectivity index (χ3n) is 3.97. The first-order chi connectivity index (χ1) is 14.3. The highest BCUT2D eigenvalue weighted by molar-refractivity contribution is 6.31. The second kappa shape index (κ2) is 11.9. The number of aliphatic carboxylic acids is 1. The molecule has 9 nitrogen and oxygen atoms in total. The van der Waals surface area contributed by atoms with Crippen molar-refractivity contribution < 1.29 is 28.9 Å². The molecule has 0 bridgehead atoms. The summed E-state index contributed by atoms with van der Waals surface area (Å²) in [7, 11) is 1.37. The highest BCUT2D eigenvalue weighted by Crippen LogP contribution is 2.39. The van der Waals surface area contributed by atoms with Gasteiger partial charge in [0.2, 0.25) is 0 Å². The summed E-state index contributed by atoms with van der Waals surface area (Å²) in [5.41, 5.74) is 6.55. The molecule has 0 spiro atoms. The van der Waals surface area contributed by atoms with Crippen molar-refractivity contribution >= 4 is 47.5 Å². The van der Waals surface area contributed by atoms with Gasteiger partial charge >= 0.3 is 11.9 Å². The van der Waals surface area contributed by atoms with Crippen molar-refractivity contribution in [1.82, 2.24) is 0 Å². The molecule has 0 saturated heterocycles. The van der Waals surface area contributed by atoms with E-state index in [9.17, 15) is 14.7 Å². The van der Waals surface area contributed by atoms with Crippen LogP contribution in [-0.2, 0) is 14.3 Å². The number of nitrogens with two attached hydrogens (primary N) is 1. The summed E-state index contributed by atoms with van der Waals surface area (Å²) in [6.45, 7) is 1.41. The molecule has 0 fully saturated rings. The van der Waals surface area contributed by atoms with Crippen LogP contribution in [0.5, 0.6) is 11.5 Å². The second-order valence-corrected chi connectivity index (χ2v) is 6.46. The molecule has 0 saturated carbocycles. The lowest BCUT2D eigenvalue weighted by molar-refractivity contribution is -0.145. The zero-order valence-electron chi connectivity index (χ0n) is 16.8. The lowest BCUT2D eigenvalue weighted by atomic mass is 10.0. The predicted octanol–water partition coefficient (Wildman–Crippen LogP) is 3.23. The van der Waals surface area contributed by atoms with Crippen LogP contribution in [0.1, 0.15) is 24.1 Å². The summed E-state index contributed by atoms with van der Waals surface area (Å²) in [5.74, 6) is -1.71. The third-order valence-corrected chi connectivity index (χ3v) is 4.19. The Bertz CT molecular complexity index is 937. The van der Waals surface area contributed by atoms with Gasteiger partial charge in [-0.3, -0.25) is 5.41 Å². The summed E-state index contributed by atoms with van der Waals surface area (Å²) in [6.07, 6.45) is 0. The van der Waals surface area contributed by atoms with Crippen molar-refractivity contribution in [3.8, 4) is 11.5 Å². The van der Waals surface area contributed by atoms with Gasteiger partial charge in [0, 0.05) is 27.9 Å². The van der Waals surface area contributed by atoms with Crippen molar-refractivity contribution in [3.63, 3.8) is 0 Å². The number of halogens is 2. The van der Waals surface area contributed by atoms with Gasteiger partial charge in [-0.15, -0.1) is 12.4 Å². The highest BCUT2D eigenvalue weighted by atomic mass is 35.5. The minimum atomic E-state index is -1.28. The van der Waals surface area contributed by atoms with Crippen LogP contribution in [0.25, 0.3) is 0 Å². The SMILES string of the molecule is CCOC(=O)COc1c(OC)cc(Cl)cc1C(Nc1ccc(C(=N)N)cc1)C(=O)O.Cl. The van der Waals surface area contributed by atoms with Crippen LogP contribution in [0.3, 0.4) is 0 Å². The number of carboxylic acid groups (broad SMARTS) is 1. The predicted molar refractivity (Wildman–Crippen MR) is 119 cm³/mol. The number of methoxy groups -OCH3 is 1. The Morgan fingerprint density at radius 1 is 1.26 bits per heavy atom. The van der Waals surface area contributed by atoms with E-state index in [1.54, 1.807) is 31.2 Å². The number of esters is 1. The molecular weight excluding hydrogens is 449 g/mol. The molecule has 0 amide bonds. The Morgan fingerprint density at radius 2 is 1.90 bits per heavy atom. The molecule has 0 aliphatic heterocycles. The van der Waals surface area contributed by atoms with E-state index in [1.807, 2.05) is 0 Å². The lowest BCUT2D eigenvalue weighted by Crippen LogP contribution is -2.23. The van der Waals surface area contributed by atoms with Crippen molar-refractivity contribution in [2.24, 2.45) is 5.73 Å². The standard InChI is InChI=1S/C20H22ClN3O6.ClH/c1-3-29-16(25)10-30-18-14(8-12(21)9-15(18)28-2)17(20(26)27)24-13-6-4-11(5-7-13)19(22)23;/h4-9,17,24H,3,10H2,1-2H3,(H3,22,23)(H,26,27);1H. The number of amidine groups is 1. The monoisotopic (exact) mass is 471 g/mol. The minimum Gasteiger partial charge on any atom is -0.493 e. The number of rotatable bonds is 10. The fourth-order valence-corrected chi connectivity index (χ4v) is 2.84. The molecule has 0 heterocycles.